The third kappa shape index (κ3) is 3.34. The number of aliphatic hydroxyl groups excluding tert-OH is 1. The van der Waals surface area contributed by atoms with Gasteiger partial charge < -0.3 is 9.84 Å². The van der Waals surface area contributed by atoms with Gasteiger partial charge >= 0.3 is 0 Å². The molecule has 1 N–H and O–H groups in total. The van der Waals surface area contributed by atoms with E-state index < -0.39 is 11.7 Å². The van der Waals surface area contributed by atoms with Gasteiger partial charge in [0.15, 0.2) is 0 Å². The van der Waals surface area contributed by atoms with Gasteiger partial charge in [0.1, 0.15) is 0 Å². The van der Waals surface area contributed by atoms with Crippen molar-refractivity contribution in [1.29, 1.82) is 0 Å². The Balaban J connectivity index is 1.69. The van der Waals surface area contributed by atoms with Gasteiger partial charge in [-0.05, 0) is 26.2 Å². The minimum atomic E-state index is -0.493. The van der Waals surface area contributed by atoms with Crippen molar-refractivity contribution in [2.75, 3.05) is 6.61 Å². The lowest BCUT2D eigenvalue weighted by atomic mass is 9.88. The molecule has 2 unspecified atom stereocenters. The van der Waals surface area contributed by atoms with Crippen LogP contribution in [0.3, 0.4) is 0 Å². The Kier molecular flexibility index (Phi) is 4.38. The van der Waals surface area contributed by atoms with E-state index in [-0.39, 0.29) is 0 Å². The van der Waals surface area contributed by atoms with E-state index in [0.29, 0.717) is 6.42 Å². The molecule has 1 saturated heterocycles. The Bertz CT molecular complexity index is 575. The van der Waals surface area contributed by atoms with Crippen LogP contribution < -0.4 is 0 Å². The normalized spacial score (nSPS) is 23.9. The van der Waals surface area contributed by atoms with E-state index in [2.05, 4.69) is 22.5 Å². The molecule has 1 aromatic carbocycles. The first kappa shape index (κ1) is 14.7. The van der Waals surface area contributed by atoms with Gasteiger partial charge in [-0.2, -0.15) is 0 Å². The maximum atomic E-state index is 10.5. The fourth-order valence-corrected chi connectivity index (χ4v) is 3.59. The summed E-state index contributed by atoms with van der Waals surface area (Å²) in [6, 6.07) is 10.1. The zero-order valence-corrected chi connectivity index (χ0v) is 13.1. The first-order valence-corrected chi connectivity index (χ1v) is 8.37. The summed E-state index contributed by atoms with van der Waals surface area (Å²) in [6.45, 7) is 2.77. The first-order valence-electron chi connectivity index (χ1n) is 7.49. The van der Waals surface area contributed by atoms with Gasteiger partial charge in [-0.1, -0.05) is 30.3 Å². The third-order valence-corrected chi connectivity index (χ3v) is 5.06. The molecule has 0 radical (unpaired) electrons. The molecule has 1 fully saturated rings. The van der Waals surface area contributed by atoms with Crippen LogP contribution in [0.4, 0.5) is 0 Å². The van der Waals surface area contributed by atoms with Gasteiger partial charge in [-0.3, -0.25) is 0 Å². The second kappa shape index (κ2) is 6.26. The van der Waals surface area contributed by atoms with Crippen molar-refractivity contribution in [3.8, 4) is 11.3 Å². The predicted octanol–water partition coefficient (Wildman–Crippen LogP) is 3.67. The van der Waals surface area contributed by atoms with E-state index in [1.165, 1.54) is 0 Å². The molecule has 0 amide bonds. The topological polar surface area (TPSA) is 42.4 Å². The summed E-state index contributed by atoms with van der Waals surface area (Å²) in [5.41, 5.74) is 1.68. The summed E-state index contributed by atoms with van der Waals surface area (Å²) in [7, 11) is 0. The molecule has 0 bridgehead atoms. The smallest absolute Gasteiger partial charge is 0.0959 e. The highest BCUT2D eigenvalue weighted by Gasteiger charge is 2.36. The molecule has 3 nitrogen and oxygen atoms in total. The Hall–Kier alpha value is -1.23. The average molecular weight is 303 g/mol. The number of ether oxygens (including phenoxy) is 1. The molecule has 0 saturated carbocycles. The Morgan fingerprint density at radius 3 is 2.86 bits per heavy atom. The molecule has 1 aromatic heterocycles. The monoisotopic (exact) mass is 303 g/mol. The van der Waals surface area contributed by atoms with Crippen LogP contribution in [0.25, 0.3) is 11.3 Å². The number of benzene rings is 1. The van der Waals surface area contributed by atoms with E-state index in [4.69, 9.17) is 4.74 Å². The van der Waals surface area contributed by atoms with Crippen LogP contribution in [0.1, 0.15) is 31.2 Å². The maximum absolute atomic E-state index is 10.5. The Morgan fingerprint density at radius 1 is 1.33 bits per heavy atom. The van der Waals surface area contributed by atoms with Crippen LogP contribution in [0.15, 0.2) is 35.7 Å². The van der Waals surface area contributed by atoms with Crippen molar-refractivity contribution < 1.29 is 9.84 Å². The van der Waals surface area contributed by atoms with Crippen molar-refractivity contribution in [2.45, 2.75) is 44.3 Å². The molecule has 1 aliphatic heterocycles. The van der Waals surface area contributed by atoms with E-state index in [9.17, 15) is 5.11 Å². The number of aliphatic hydroxyl groups is 1. The Morgan fingerprint density at radius 2 is 2.14 bits per heavy atom. The first-order chi connectivity index (χ1) is 10.2. The number of rotatable bonds is 4. The van der Waals surface area contributed by atoms with Gasteiger partial charge in [0.05, 0.1) is 22.4 Å². The molecular weight excluding hydrogens is 282 g/mol. The van der Waals surface area contributed by atoms with Crippen molar-refractivity contribution in [3.63, 3.8) is 0 Å². The molecule has 2 heterocycles. The molecule has 0 spiro atoms. The average Bonchev–Trinajstić information content (AvgIpc) is 2.97. The van der Waals surface area contributed by atoms with Crippen LogP contribution in [-0.4, -0.2) is 28.4 Å². The van der Waals surface area contributed by atoms with Crippen molar-refractivity contribution in [2.24, 2.45) is 0 Å². The van der Waals surface area contributed by atoms with Gasteiger partial charge in [0, 0.05) is 24.0 Å². The molecule has 2 aromatic rings. The summed E-state index contributed by atoms with van der Waals surface area (Å²) >= 11 is 1.61. The van der Waals surface area contributed by atoms with Crippen LogP contribution in [0.5, 0.6) is 0 Å². The number of nitrogens with zero attached hydrogens (tertiary/aromatic N) is 1. The molecule has 2 atom stereocenters. The number of hydrogen-bond acceptors (Lipinski definition) is 4. The minimum absolute atomic E-state index is 0.420. The molecule has 0 aliphatic carbocycles. The molecule has 21 heavy (non-hydrogen) atoms. The third-order valence-electron chi connectivity index (χ3n) is 4.19. The highest BCUT2D eigenvalue weighted by atomic mass is 32.1. The lowest BCUT2D eigenvalue weighted by Gasteiger charge is -2.37. The molecular formula is C17H21NO2S. The van der Waals surface area contributed by atoms with Gasteiger partial charge in [0.25, 0.3) is 0 Å². The second-order valence-electron chi connectivity index (χ2n) is 5.83. The largest absolute Gasteiger partial charge is 0.390 e. The second-order valence-corrected chi connectivity index (χ2v) is 6.77. The quantitative estimate of drug-likeness (QED) is 0.937. The highest BCUT2D eigenvalue weighted by molar-refractivity contribution is 7.09. The van der Waals surface area contributed by atoms with Gasteiger partial charge in [-0.25, -0.2) is 4.98 Å². The van der Waals surface area contributed by atoms with Crippen molar-refractivity contribution in [1.82, 2.24) is 4.98 Å². The van der Waals surface area contributed by atoms with Gasteiger partial charge in [-0.15, -0.1) is 11.3 Å². The van der Waals surface area contributed by atoms with Crippen molar-refractivity contribution in [3.05, 3.63) is 40.7 Å². The van der Waals surface area contributed by atoms with E-state index in [1.54, 1.807) is 11.3 Å². The van der Waals surface area contributed by atoms with Crippen LogP contribution in [0, 0.1) is 0 Å². The summed E-state index contributed by atoms with van der Waals surface area (Å²) < 4.78 is 5.82. The zero-order valence-electron chi connectivity index (χ0n) is 12.3. The summed E-state index contributed by atoms with van der Waals surface area (Å²) in [5.74, 6) is 0. The van der Waals surface area contributed by atoms with E-state index in [0.717, 1.165) is 42.1 Å². The summed E-state index contributed by atoms with van der Waals surface area (Å²) in [5, 5.41) is 13.5. The molecule has 3 rings (SSSR count). The molecule has 112 valence electrons. The van der Waals surface area contributed by atoms with E-state index >= 15 is 0 Å². The minimum Gasteiger partial charge on any atom is -0.390 e. The van der Waals surface area contributed by atoms with Crippen molar-refractivity contribution >= 4 is 11.3 Å². The summed E-state index contributed by atoms with van der Waals surface area (Å²) in [6.07, 6.45) is 3.21. The SMILES string of the molecule is CC1(C(O)Cc2nc(-c3ccccc3)cs2)CCCCO1. The number of aromatic nitrogens is 1. The fourth-order valence-electron chi connectivity index (χ4n) is 2.75. The predicted molar refractivity (Wildman–Crippen MR) is 85.5 cm³/mol. The number of thiazole rings is 1. The lowest BCUT2D eigenvalue weighted by molar-refractivity contribution is -0.135. The fraction of sp³-hybridized carbons (Fsp3) is 0.471. The molecule has 4 heteroatoms. The molecule has 1 aliphatic rings. The standard InChI is InChI=1S/C17H21NO2S/c1-17(9-5-6-10-20-17)15(19)11-16-18-14(12-21-16)13-7-3-2-4-8-13/h2-4,7-8,12,15,19H,5-6,9-11H2,1H3. The van der Waals surface area contributed by atoms with E-state index in [1.807, 2.05) is 25.1 Å². The Labute approximate surface area is 129 Å². The maximum Gasteiger partial charge on any atom is 0.0959 e. The van der Waals surface area contributed by atoms with Gasteiger partial charge in [0.2, 0.25) is 0 Å². The highest BCUT2D eigenvalue weighted by Crippen LogP contribution is 2.31. The van der Waals surface area contributed by atoms with Crippen LogP contribution in [-0.2, 0) is 11.2 Å². The number of hydrogen-bond donors (Lipinski definition) is 1. The summed E-state index contributed by atoms with van der Waals surface area (Å²) in [4.78, 5) is 4.65. The van der Waals surface area contributed by atoms with Crippen LogP contribution in [0.2, 0.25) is 0 Å². The van der Waals surface area contributed by atoms with Crippen LogP contribution >= 0.6 is 11.3 Å². The lowest BCUT2D eigenvalue weighted by Crippen LogP contribution is -2.45. The zero-order chi connectivity index (χ0) is 14.7.